The second-order valence-corrected chi connectivity index (χ2v) is 4.45. The molecular weight excluding hydrogens is 307 g/mol. The number of H-pyrrole nitrogens is 1. The van der Waals surface area contributed by atoms with Gasteiger partial charge in [0.05, 0.1) is 12.1 Å². The molecule has 0 atom stereocenters. The van der Waals surface area contributed by atoms with E-state index in [0.717, 1.165) is 5.56 Å². The fourth-order valence-electron chi connectivity index (χ4n) is 1.42. The van der Waals surface area contributed by atoms with Gasteiger partial charge in [-0.15, -0.1) is 0 Å². The van der Waals surface area contributed by atoms with E-state index in [1.807, 2.05) is 0 Å². The third-order valence-electron chi connectivity index (χ3n) is 2.21. The van der Waals surface area contributed by atoms with Crippen LogP contribution in [0.25, 0.3) is 11.3 Å². The normalized spacial score (nSPS) is 10.3. The van der Waals surface area contributed by atoms with Crippen molar-refractivity contribution in [1.29, 1.82) is 0 Å². The highest BCUT2D eigenvalue weighted by molar-refractivity contribution is 9.10. The fourth-order valence-corrected chi connectivity index (χ4v) is 2.14. The molecule has 6 heteroatoms. The standard InChI is InChI=1S/C11H8BrClN2O2/c1-17-8-4-6(2-3-7(8)13)10-11(12)15-9(5-16)14-10/h2-5H,1H3,(H,14,15). The van der Waals surface area contributed by atoms with Crippen LogP contribution in [0.5, 0.6) is 5.75 Å². The van der Waals surface area contributed by atoms with Gasteiger partial charge < -0.3 is 9.72 Å². The molecule has 0 unspecified atom stereocenters. The molecule has 1 N–H and O–H groups in total. The zero-order chi connectivity index (χ0) is 12.4. The maximum Gasteiger partial charge on any atom is 0.185 e. The number of imidazole rings is 1. The number of halogens is 2. The van der Waals surface area contributed by atoms with Crippen LogP contribution in [0.15, 0.2) is 22.8 Å². The molecule has 0 saturated heterocycles. The summed E-state index contributed by atoms with van der Waals surface area (Å²) in [7, 11) is 1.54. The largest absolute Gasteiger partial charge is 0.495 e. The quantitative estimate of drug-likeness (QED) is 0.884. The van der Waals surface area contributed by atoms with Crippen LogP contribution in [0, 0.1) is 0 Å². The fraction of sp³-hybridized carbons (Fsp3) is 0.0909. The number of nitrogens with zero attached hydrogens (tertiary/aromatic N) is 1. The van der Waals surface area contributed by atoms with E-state index in [1.165, 1.54) is 0 Å². The van der Waals surface area contributed by atoms with Gasteiger partial charge >= 0.3 is 0 Å². The number of methoxy groups -OCH3 is 1. The lowest BCUT2D eigenvalue weighted by atomic mass is 10.1. The van der Waals surface area contributed by atoms with Gasteiger partial charge in [-0.2, -0.15) is 0 Å². The summed E-state index contributed by atoms with van der Waals surface area (Å²) in [5.41, 5.74) is 1.45. The van der Waals surface area contributed by atoms with Gasteiger partial charge in [0, 0.05) is 5.56 Å². The van der Waals surface area contributed by atoms with E-state index < -0.39 is 0 Å². The van der Waals surface area contributed by atoms with Gasteiger partial charge in [0.1, 0.15) is 16.0 Å². The van der Waals surface area contributed by atoms with Crippen molar-refractivity contribution in [2.75, 3.05) is 7.11 Å². The number of rotatable bonds is 3. The van der Waals surface area contributed by atoms with Crippen LogP contribution in [0.4, 0.5) is 0 Å². The molecule has 0 fully saturated rings. The molecule has 2 aromatic rings. The lowest BCUT2D eigenvalue weighted by Gasteiger charge is -2.04. The Labute approximate surface area is 111 Å². The summed E-state index contributed by atoms with van der Waals surface area (Å²) in [4.78, 5) is 17.6. The topological polar surface area (TPSA) is 55.0 Å². The predicted octanol–water partition coefficient (Wildman–Crippen LogP) is 3.31. The summed E-state index contributed by atoms with van der Waals surface area (Å²) < 4.78 is 5.77. The van der Waals surface area contributed by atoms with Crippen molar-refractivity contribution < 1.29 is 9.53 Å². The first-order chi connectivity index (χ1) is 8.15. The second kappa shape index (κ2) is 4.89. The number of aromatic nitrogens is 2. The van der Waals surface area contributed by atoms with Crippen LogP contribution in [0.2, 0.25) is 5.02 Å². The van der Waals surface area contributed by atoms with Gasteiger partial charge in [-0.3, -0.25) is 4.79 Å². The number of carbonyl (C=O) groups excluding carboxylic acids is 1. The summed E-state index contributed by atoms with van der Waals surface area (Å²) in [6.07, 6.45) is 0.654. The smallest absolute Gasteiger partial charge is 0.185 e. The van der Waals surface area contributed by atoms with E-state index >= 15 is 0 Å². The van der Waals surface area contributed by atoms with E-state index in [-0.39, 0.29) is 5.82 Å². The van der Waals surface area contributed by atoms with Gasteiger partial charge in [-0.25, -0.2) is 4.98 Å². The van der Waals surface area contributed by atoms with Crippen molar-refractivity contribution in [1.82, 2.24) is 9.97 Å². The highest BCUT2D eigenvalue weighted by Crippen LogP contribution is 2.32. The van der Waals surface area contributed by atoms with Crippen molar-refractivity contribution >= 4 is 33.8 Å². The summed E-state index contributed by atoms with van der Waals surface area (Å²) in [5, 5.41) is 0.526. The Bertz CT molecular complexity index is 569. The van der Waals surface area contributed by atoms with Crippen LogP contribution in [0.3, 0.4) is 0 Å². The minimum absolute atomic E-state index is 0.265. The molecule has 0 aliphatic carbocycles. The van der Waals surface area contributed by atoms with Crippen molar-refractivity contribution in [3.8, 4) is 17.0 Å². The van der Waals surface area contributed by atoms with Crippen molar-refractivity contribution in [3.05, 3.63) is 33.6 Å². The molecule has 0 spiro atoms. The van der Waals surface area contributed by atoms with Gasteiger partial charge in [-0.1, -0.05) is 17.7 Å². The van der Waals surface area contributed by atoms with Gasteiger partial charge in [0.25, 0.3) is 0 Å². The van der Waals surface area contributed by atoms with E-state index in [0.29, 0.717) is 27.4 Å². The number of nitrogens with one attached hydrogen (secondary N) is 1. The van der Waals surface area contributed by atoms with Crippen LogP contribution in [0.1, 0.15) is 10.6 Å². The summed E-state index contributed by atoms with van der Waals surface area (Å²) >= 11 is 9.24. The average Bonchev–Trinajstić information content (AvgIpc) is 2.71. The van der Waals surface area contributed by atoms with Crippen LogP contribution < -0.4 is 4.74 Å². The Morgan fingerprint density at radius 3 is 2.88 bits per heavy atom. The molecule has 2 rings (SSSR count). The molecule has 17 heavy (non-hydrogen) atoms. The van der Waals surface area contributed by atoms with Crippen molar-refractivity contribution in [3.63, 3.8) is 0 Å². The van der Waals surface area contributed by atoms with E-state index in [4.69, 9.17) is 16.3 Å². The number of ether oxygens (including phenoxy) is 1. The summed E-state index contributed by atoms with van der Waals surface area (Å²) in [6.45, 7) is 0. The second-order valence-electron chi connectivity index (χ2n) is 3.25. The zero-order valence-electron chi connectivity index (χ0n) is 8.83. The SMILES string of the molecule is COc1cc(-c2nc(C=O)[nH]c2Br)ccc1Cl. The van der Waals surface area contributed by atoms with Crippen LogP contribution in [-0.2, 0) is 0 Å². The van der Waals surface area contributed by atoms with E-state index in [1.54, 1.807) is 25.3 Å². The third kappa shape index (κ3) is 2.35. The predicted molar refractivity (Wildman–Crippen MR) is 68.7 cm³/mol. The number of carbonyl (C=O) groups is 1. The Hall–Kier alpha value is -1.33. The molecular formula is C11H8BrClN2O2. The monoisotopic (exact) mass is 314 g/mol. The van der Waals surface area contributed by atoms with Crippen LogP contribution >= 0.6 is 27.5 Å². The first kappa shape index (κ1) is 12.1. The Morgan fingerprint density at radius 2 is 2.29 bits per heavy atom. The third-order valence-corrected chi connectivity index (χ3v) is 3.10. The summed E-state index contributed by atoms with van der Waals surface area (Å²) in [5.74, 6) is 0.826. The number of aldehydes is 1. The Morgan fingerprint density at radius 1 is 1.53 bits per heavy atom. The molecule has 4 nitrogen and oxygen atoms in total. The first-order valence-corrected chi connectivity index (χ1v) is 5.87. The number of aromatic amines is 1. The lowest BCUT2D eigenvalue weighted by molar-refractivity contribution is 0.111. The summed E-state index contributed by atoms with van der Waals surface area (Å²) in [6, 6.07) is 5.29. The number of hydrogen-bond donors (Lipinski definition) is 1. The molecule has 1 aromatic carbocycles. The molecule has 1 aromatic heterocycles. The highest BCUT2D eigenvalue weighted by atomic mass is 79.9. The molecule has 0 aliphatic rings. The molecule has 1 heterocycles. The first-order valence-electron chi connectivity index (χ1n) is 4.70. The molecule has 0 saturated carbocycles. The highest BCUT2D eigenvalue weighted by Gasteiger charge is 2.11. The lowest BCUT2D eigenvalue weighted by Crippen LogP contribution is -1.86. The number of benzene rings is 1. The Kier molecular flexibility index (Phi) is 3.49. The zero-order valence-corrected chi connectivity index (χ0v) is 11.2. The number of hydrogen-bond acceptors (Lipinski definition) is 3. The molecule has 0 radical (unpaired) electrons. The minimum Gasteiger partial charge on any atom is -0.495 e. The minimum atomic E-state index is 0.265. The Balaban J connectivity index is 2.52. The van der Waals surface area contributed by atoms with Gasteiger partial charge in [0.2, 0.25) is 0 Å². The van der Waals surface area contributed by atoms with Gasteiger partial charge in [0.15, 0.2) is 12.1 Å². The molecule has 0 amide bonds. The van der Waals surface area contributed by atoms with Crippen LogP contribution in [-0.4, -0.2) is 23.4 Å². The van der Waals surface area contributed by atoms with E-state index in [2.05, 4.69) is 25.9 Å². The molecule has 88 valence electrons. The molecule has 0 bridgehead atoms. The maximum atomic E-state index is 10.6. The van der Waals surface area contributed by atoms with E-state index in [9.17, 15) is 4.79 Å². The van der Waals surface area contributed by atoms with Gasteiger partial charge in [-0.05, 0) is 28.1 Å². The van der Waals surface area contributed by atoms with Crippen molar-refractivity contribution in [2.24, 2.45) is 0 Å². The van der Waals surface area contributed by atoms with Crippen molar-refractivity contribution in [2.45, 2.75) is 0 Å². The molecule has 0 aliphatic heterocycles. The average molecular weight is 316 g/mol. The maximum absolute atomic E-state index is 10.6.